The van der Waals surface area contributed by atoms with E-state index in [0.717, 1.165) is 11.5 Å². The van der Waals surface area contributed by atoms with Gasteiger partial charge in [-0.3, -0.25) is 4.79 Å². The van der Waals surface area contributed by atoms with E-state index in [1.165, 1.54) is 13.2 Å². The van der Waals surface area contributed by atoms with Crippen molar-refractivity contribution in [1.29, 1.82) is 0 Å². The molecule has 5 nitrogen and oxygen atoms in total. The van der Waals surface area contributed by atoms with Gasteiger partial charge < -0.3 is 15.2 Å². The second kappa shape index (κ2) is 5.53. The smallest absolute Gasteiger partial charge is 0.261 e. The van der Waals surface area contributed by atoms with Crippen LogP contribution in [-0.4, -0.2) is 22.5 Å². The van der Waals surface area contributed by atoms with Crippen molar-refractivity contribution < 1.29 is 14.6 Å². The molecule has 0 unspecified atom stereocenters. The zero-order valence-electron chi connectivity index (χ0n) is 9.31. The lowest BCUT2D eigenvalue weighted by atomic mass is 10.2. The van der Waals surface area contributed by atoms with Crippen LogP contribution in [0.3, 0.4) is 0 Å². The van der Waals surface area contributed by atoms with Gasteiger partial charge in [-0.2, -0.15) is 4.37 Å². The number of methoxy groups -OCH3 is 1. The van der Waals surface area contributed by atoms with E-state index >= 15 is 0 Å². The van der Waals surface area contributed by atoms with Gasteiger partial charge in [0.05, 0.1) is 12.7 Å². The van der Waals surface area contributed by atoms with Crippen molar-refractivity contribution in [2.24, 2.45) is 0 Å². The first-order chi connectivity index (χ1) is 8.61. The van der Waals surface area contributed by atoms with Crippen LogP contribution in [0.25, 0.3) is 0 Å². The summed E-state index contributed by atoms with van der Waals surface area (Å²) in [7, 11) is 1.51. The van der Waals surface area contributed by atoms with Gasteiger partial charge in [0.2, 0.25) is 5.88 Å². The Bertz CT molecular complexity index is 565. The van der Waals surface area contributed by atoms with Gasteiger partial charge in [-0.15, -0.1) is 0 Å². The number of ether oxygens (including phenoxy) is 1. The van der Waals surface area contributed by atoms with E-state index in [1.54, 1.807) is 18.2 Å². The number of hydrogen-bond acceptors (Lipinski definition) is 5. The van der Waals surface area contributed by atoms with Gasteiger partial charge >= 0.3 is 0 Å². The molecule has 18 heavy (non-hydrogen) atoms. The molecule has 0 radical (unpaired) electrons. The molecule has 0 fully saturated rings. The number of halogens is 1. The third-order valence-corrected chi connectivity index (χ3v) is 3.74. The standard InChI is InChI=1S/C11H9IN2O3S/c1-17-8-5-9(18-14-8)13-11(16)10-6(12)3-2-4-7(10)15/h2-5,15H,1H3,(H,13,16). The first-order valence-corrected chi connectivity index (χ1v) is 6.76. The number of carbonyl (C=O) groups is 1. The minimum Gasteiger partial charge on any atom is -0.507 e. The summed E-state index contributed by atoms with van der Waals surface area (Å²) in [6.07, 6.45) is 0. The summed E-state index contributed by atoms with van der Waals surface area (Å²) in [5.41, 5.74) is 0.255. The van der Waals surface area contributed by atoms with Crippen LogP contribution in [0.4, 0.5) is 5.00 Å². The third-order valence-electron chi connectivity index (χ3n) is 2.15. The fraction of sp³-hybridized carbons (Fsp3) is 0.0909. The van der Waals surface area contributed by atoms with Gasteiger partial charge in [0, 0.05) is 9.64 Å². The summed E-state index contributed by atoms with van der Waals surface area (Å²) in [6, 6.07) is 6.53. The van der Waals surface area contributed by atoms with Crippen molar-refractivity contribution in [3.8, 4) is 11.6 Å². The highest BCUT2D eigenvalue weighted by atomic mass is 127. The number of carbonyl (C=O) groups excluding carboxylic acids is 1. The average molecular weight is 376 g/mol. The topological polar surface area (TPSA) is 71.5 Å². The largest absolute Gasteiger partial charge is 0.507 e. The summed E-state index contributed by atoms with van der Waals surface area (Å²) in [4.78, 5) is 12.0. The molecule has 94 valence electrons. The van der Waals surface area contributed by atoms with Crippen molar-refractivity contribution in [3.05, 3.63) is 33.4 Å². The zero-order valence-corrected chi connectivity index (χ0v) is 12.3. The molecule has 1 aromatic carbocycles. The Balaban J connectivity index is 2.22. The highest BCUT2D eigenvalue weighted by Gasteiger charge is 2.16. The Kier molecular flexibility index (Phi) is 4.02. The minimum atomic E-state index is -0.371. The fourth-order valence-corrected chi connectivity index (χ4v) is 2.66. The molecule has 1 amide bonds. The Hall–Kier alpha value is -1.35. The van der Waals surface area contributed by atoms with Crippen LogP contribution in [0, 0.1) is 3.57 Å². The van der Waals surface area contributed by atoms with Crippen LogP contribution in [0.15, 0.2) is 24.3 Å². The summed E-state index contributed by atoms with van der Waals surface area (Å²) < 4.78 is 9.58. The quantitative estimate of drug-likeness (QED) is 0.809. The lowest BCUT2D eigenvalue weighted by Crippen LogP contribution is -2.12. The predicted octanol–water partition coefficient (Wildman–Crippen LogP) is 2.71. The molecule has 0 aliphatic rings. The molecule has 0 saturated heterocycles. The molecule has 0 bridgehead atoms. The van der Waals surface area contributed by atoms with Crippen molar-refractivity contribution in [3.63, 3.8) is 0 Å². The lowest BCUT2D eigenvalue weighted by molar-refractivity contribution is 0.102. The summed E-state index contributed by atoms with van der Waals surface area (Å²) in [5.74, 6) is 0.0296. The number of aromatic nitrogens is 1. The van der Waals surface area contributed by atoms with E-state index in [-0.39, 0.29) is 17.2 Å². The first kappa shape index (κ1) is 13.1. The van der Waals surface area contributed by atoms with Gasteiger partial charge in [0.25, 0.3) is 5.91 Å². The van der Waals surface area contributed by atoms with Crippen LogP contribution < -0.4 is 10.1 Å². The van der Waals surface area contributed by atoms with E-state index in [1.807, 2.05) is 22.6 Å². The van der Waals surface area contributed by atoms with Crippen molar-refractivity contribution in [2.75, 3.05) is 12.4 Å². The van der Waals surface area contributed by atoms with Gasteiger partial charge in [-0.05, 0) is 46.3 Å². The third kappa shape index (κ3) is 2.72. The number of phenolic OH excluding ortho intramolecular Hbond substituents is 1. The maximum Gasteiger partial charge on any atom is 0.261 e. The molecule has 2 aromatic rings. The van der Waals surface area contributed by atoms with Crippen LogP contribution in [0.5, 0.6) is 11.6 Å². The number of benzene rings is 1. The molecule has 1 heterocycles. The number of nitrogens with zero attached hydrogens (tertiary/aromatic N) is 1. The number of anilines is 1. The molecule has 2 N–H and O–H groups in total. The second-order valence-corrected chi connectivity index (χ2v) is 5.29. The zero-order chi connectivity index (χ0) is 13.1. The molecular weight excluding hydrogens is 367 g/mol. The van der Waals surface area contributed by atoms with E-state index in [2.05, 4.69) is 9.69 Å². The first-order valence-electron chi connectivity index (χ1n) is 4.91. The number of nitrogens with one attached hydrogen (secondary N) is 1. The minimum absolute atomic E-state index is 0.0455. The summed E-state index contributed by atoms with van der Waals surface area (Å²) in [6.45, 7) is 0. The van der Waals surface area contributed by atoms with E-state index in [4.69, 9.17) is 4.74 Å². The molecule has 1 aromatic heterocycles. The molecule has 2 rings (SSSR count). The molecule has 0 atom stereocenters. The molecule has 0 spiro atoms. The SMILES string of the molecule is COc1cc(NC(=O)c2c(O)cccc2I)sn1. The Morgan fingerprint density at radius 1 is 1.56 bits per heavy atom. The number of aromatic hydroxyl groups is 1. The van der Waals surface area contributed by atoms with E-state index < -0.39 is 0 Å². The summed E-state index contributed by atoms with van der Waals surface area (Å²) >= 11 is 3.12. The lowest BCUT2D eigenvalue weighted by Gasteiger charge is -2.06. The molecule has 0 saturated carbocycles. The van der Waals surface area contributed by atoms with Gasteiger partial charge in [-0.25, -0.2) is 0 Å². The highest BCUT2D eigenvalue weighted by Crippen LogP contribution is 2.26. The normalized spacial score (nSPS) is 10.1. The predicted molar refractivity (Wildman–Crippen MR) is 77.4 cm³/mol. The maximum absolute atomic E-state index is 12.0. The van der Waals surface area contributed by atoms with Gasteiger partial charge in [0.15, 0.2) is 0 Å². The highest BCUT2D eigenvalue weighted by molar-refractivity contribution is 14.1. The van der Waals surface area contributed by atoms with Gasteiger partial charge in [-0.1, -0.05) is 6.07 Å². The number of hydrogen-bond donors (Lipinski definition) is 2. The van der Waals surface area contributed by atoms with E-state index in [9.17, 15) is 9.90 Å². The average Bonchev–Trinajstić information content (AvgIpc) is 2.76. The van der Waals surface area contributed by atoms with Crippen molar-refractivity contribution in [2.45, 2.75) is 0 Å². The van der Waals surface area contributed by atoms with Crippen LogP contribution in [0.2, 0.25) is 0 Å². The molecular formula is C11H9IN2O3S. The monoisotopic (exact) mass is 376 g/mol. The Morgan fingerprint density at radius 2 is 2.33 bits per heavy atom. The van der Waals surface area contributed by atoms with Crippen LogP contribution in [-0.2, 0) is 0 Å². The second-order valence-electron chi connectivity index (χ2n) is 3.32. The van der Waals surface area contributed by atoms with Crippen LogP contribution >= 0.6 is 34.1 Å². The summed E-state index contributed by atoms with van der Waals surface area (Å²) in [5, 5.41) is 12.9. The van der Waals surface area contributed by atoms with Gasteiger partial charge in [0.1, 0.15) is 10.8 Å². The van der Waals surface area contributed by atoms with Crippen molar-refractivity contribution in [1.82, 2.24) is 4.37 Å². The number of rotatable bonds is 3. The van der Waals surface area contributed by atoms with E-state index in [0.29, 0.717) is 14.5 Å². The Labute approximate surface area is 121 Å². The fourth-order valence-electron chi connectivity index (χ4n) is 1.33. The molecule has 0 aliphatic carbocycles. The molecule has 0 aliphatic heterocycles. The Morgan fingerprint density at radius 3 is 2.94 bits per heavy atom. The number of amides is 1. The van der Waals surface area contributed by atoms with Crippen LogP contribution in [0.1, 0.15) is 10.4 Å². The van der Waals surface area contributed by atoms with Crippen molar-refractivity contribution >= 4 is 45.0 Å². The maximum atomic E-state index is 12.0. The number of phenols is 1. The molecule has 7 heteroatoms.